The van der Waals surface area contributed by atoms with E-state index in [1.54, 1.807) is 18.2 Å². The summed E-state index contributed by atoms with van der Waals surface area (Å²) in [5.74, 6) is 0. The maximum Gasteiger partial charge on any atom is 0.273 e. The van der Waals surface area contributed by atoms with Gasteiger partial charge in [-0.1, -0.05) is 18.2 Å². The van der Waals surface area contributed by atoms with Crippen molar-refractivity contribution in [3.05, 3.63) is 39.9 Å². The molecule has 0 bridgehead atoms. The summed E-state index contributed by atoms with van der Waals surface area (Å²) in [4.78, 5) is 12.3. The van der Waals surface area contributed by atoms with E-state index in [1.807, 2.05) is 18.9 Å². The summed E-state index contributed by atoms with van der Waals surface area (Å²) in [5.41, 5.74) is 0.787. The summed E-state index contributed by atoms with van der Waals surface area (Å²) in [5, 5.41) is 19.8. The Kier molecular flexibility index (Phi) is 4.39. The second-order valence-corrected chi connectivity index (χ2v) is 3.83. The van der Waals surface area contributed by atoms with Crippen molar-refractivity contribution in [1.29, 1.82) is 0 Å². The molecule has 0 spiro atoms. The minimum absolute atomic E-state index is 0.0141. The van der Waals surface area contributed by atoms with Crippen LogP contribution in [0, 0.1) is 10.1 Å². The first kappa shape index (κ1) is 12.6. The summed E-state index contributed by atoms with van der Waals surface area (Å²) in [6.45, 7) is 2.37. The van der Waals surface area contributed by atoms with E-state index >= 15 is 0 Å². The molecule has 16 heavy (non-hydrogen) atoms. The maximum atomic E-state index is 10.8. The number of para-hydroxylation sites is 1. The van der Waals surface area contributed by atoms with Gasteiger partial charge in [0.25, 0.3) is 5.69 Å². The summed E-state index contributed by atoms with van der Waals surface area (Å²) in [6.07, 6.45) is 0. The van der Waals surface area contributed by atoms with Crippen molar-refractivity contribution in [1.82, 2.24) is 4.90 Å². The van der Waals surface area contributed by atoms with Crippen LogP contribution in [0.1, 0.15) is 12.5 Å². The molecule has 0 heterocycles. The lowest BCUT2D eigenvalue weighted by Gasteiger charge is -2.22. The van der Waals surface area contributed by atoms with Gasteiger partial charge in [0.2, 0.25) is 0 Å². The van der Waals surface area contributed by atoms with Crippen LogP contribution in [0.25, 0.3) is 0 Å². The van der Waals surface area contributed by atoms with Gasteiger partial charge >= 0.3 is 0 Å². The first-order chi connectivity index (χ1) is 7.56. The van der Waals surface area contributed by atoms with Gasteiger partial charge in [-0.2, -0.15) is 0 Å². The zero-order chi connectivity index (χ0) is 12.1. The monoisotopic (exact) mass is 224 g/mol. The Labute approximate surface area is 94.5 Å². The molecule has 0 aliphatic rings. The van der Waals surface area contributed by atoms with Gasteiger partial charge in [0.05, 0.1) is 11.5 Å². The molecule has 5 nitrogen and oxygen atoms in total. The first-order valence-corrected chi connectivity index (χ1v) is 5.09. The van der Waals surface area contributed by atoms with Crippen LogP contribution in [0.5, 0.6) is 0 Å². The van der Waals surface area contributed by atoms with Crippen molar-refractivity contribution < 1.29 is 10.0 Å². The molecule has 1 rings (SSSR count). The standard InChI is InChI=1S/C11H16N2O3/c1-9(8-14)12(2)7-10-5-3-4-6-11(10)13(15)16/h3-6,9,14H,7-8H2,1-2H3. The number of hydrogen-bond acceptors (Lipinski definition) is 4. The second-order valence-electron chi connectivity index (χ2n) is 3.83. The van der Waals surface area contributed by atoms with Crippen molar-refractivity contribution in [3.8, 4) is 0 Å². The fourth-order valence-electron chi connectivity index (χ4n) is 1.39. The van der Waals surface area contributed by atoms with E-state index in [-0.39, 0.29) is 23.3 Å². The highest BCUT2D eigenvalue weighted by molar-refractivity contribution is 5.39. The van der Waals surface area contributed by atoms with Crippen molar-refractivity contribution in [3.63, 3.8) is 0 Å². The summed E-state index contributed by atoms with van der Waals surface area (Å²) >= 11 is 0. The topological polar surface area (TPSA) is 66.6 Å². The van der Waals surface area contributed by atoms with Crippen LogP contribution in [0.2, 0.25) is 0 Å². The highest BCUT2D eigenvalue weighted by Gasteiger charge is 2.16. The van der Waals surface area contributed by atoms with E-state index in [9.17, 15) is 10.1 Å². The Morgan fingerprint density at radius 3 is 2.69 bits per heavy atom. The molecule has 0 saturated carbocycles. The van der Waals surface area contributed by atoms with Crippen molar-refractivity contribution in [2.45, 2.75) is 19.5 Å². The molecule has 0 aliphatic heterocycles. The molecular formula is C11H16N2O3. The molecular weight excluding hydrogens is 208 g/mol. The molecule has 1 unspecified atom stereocenters. The molecule has 0 amide bonds. The average Bonchev–Trinajstić information content (AvgIpc) is 2.28. The van der Waals surface area contributed by atoms with Crippen LogP contribution < -0.4 is 0 Å². The smallest absolute Gasteiger partial charge is 0.273 e. The minimum atomic E-state index is -0.382. The molecule has 0 saturated heterocycles. The Morgan fingerprint density at radius 1 is 1.50 bits per heavy atom. The van der Waals surface area contributed by atoms with E-state index in [4.69, 9.17) is 5.11 Å². The van der Waals surface area contributed by atoms with Crippen LogP contribution in [-0.2, 0) is 6.54 Å². The predicted octanol–water partition coefficient (Wildman–Crippen LogP) is 1.41. The number of aliphatic hydroxyl groups is 1. The summed E-state index contributed by atoms with van der Waals surface area (Å²) < 4.78 is 0. The largest absolute Gasteiger partial charge is 0.395 e. The Bertz CT molecular complexity index is 368. The lowest BCUT2D eigenvalue weighted by atomic mass is 10.1. The molecule has 0 aromatic heterocycles. The van der Waals surface area contributed by atoms with Gasteiger partial charge in [0.1, 0.15) is 0 Å². The minimum Gasteiger partial charge on any atom is -0.395 e. The third kappa shape index (κ3) is 3.01. The molecule has 0 fully saturated rings. The van der Waals surface area contributed by atoms with Crippen molar-refractivity contribution in [2.75, 3.05) is 13.7 Å². The van der Waals surface area contributed by atoms with E-state index in [1.165, 1.54) is 6.07 Å². The molecule has 5 heteroatoms. The number of nitro groups is 1. The summed E-state index contributed by atoms with van der Waals surface area (Å²) in [6, 6.07) is 6.64. The van der Waals surface area contributed by atoms with Crippen molar-refractivity contribution >= 4 is 5.69 Å². The van der Waals surface area contributed by atoms with Crippen molar-refractivity contribution in [2.24, 2.45) is 0 Å². The van der Waals surface area contributed by atoms with Gasteiger partial charge in [-0.05, 0) is 14.0 Å². The zero-order valence-electron chi connectivity index (χ0n) is 9.46. The molecule has 1 atom stereocenters. The average molecular weight is 224 g/mol. The fourth-order valence-corrected chi connectivity index (χ4v) is 1.39. The fraction of sp³-hybridized carbons (Fsp3) is 0.455. The highest BCUT2D eigenvalue weighted by atomic mass is 16.6. The van der Waals surface area contributed by atoms with E-state index in [2.05, 4.69) is 0 Å². The lowest BCUT2D eigenvalue weighted by Crippen LogP contribution is -2.31. The Balaban J connectivity index is 2.84. The molecule has 1 aromatic carbocycles. The number of likely N-dealkylation sites (N-methyl/N-ethyl adjacent to an activating group) is 1. The van der Waals surface area contributed by atoms with Crippen LogP contribution >= 0.6 is 0 Å². The molecule has 0 radical (unpaired) electrons. The zero-order valence-corrected chi connectivity index (χ0v) is 9.46. The van der Waals surface area contributed by atoms with E-state index < -0.39 is 0 Å². The second kappa shape index (κ2) is 5.58. The van der Waals surface area contributed by atoms with Gasteiger partial charge in [-0.25, -0.2) is 0 Å². The Hall–Kier alpha value is -1.46. The number of aliphatic hydroxyl groups excluding tert-OH is 1. The SMILES string of the molecule is CC(CO)N(C)Cc1ccccc1[N+](=O)[O-]. The molecule has 88 valence electrons. The van der Waals surface area contributed by atoms with Gasteiger partial charge in [-0.15, -0.1) is 0 Å². The Morgan fingerprint density at radius 2 is 2.12 bits per heavy atom. The van der Waals surface area contributed by atoms with E-state index in [0.29, 0.717) is 12.1 Å². The third-order valence-corrected chi connectivity index (χ3v) is 2.62. The number of benzene rings is 1. The van der Waals surface area contributed by atoms with Gasteiger partial charge in [0.15, 0.2) is 0 Å². The summed E-state index contributed by atoms with van der Waals surface area (Å²) in [7, 11) is 1.83. The molecule has 1 N–H and O–H groups in total. The number of hydrogen-bond donors (Lipinski definition) is 1. The van der Waals surface area contributed by atoms with Crippen LogP contribution in [0.15, 0.2) is 24.3 Å². The number of nitro benzene ring substituents is 1. The molecule has 1 aromatic rings. The quantitative estimate of drug-likeness (QED) is 0.606. The highest BCUT2D eigenvalue weighted by Crippen LogP contribution is 2.19. The van der Waals surface area contributed by atoms with Gasteiger partial charge in [0, 0.05) is 24.2 Å². The first-order valence-electron chi connectivity index (χ1n) is 5.09. The normalized spacial score (nSPS) is 12.8. The van der Waals surface area contributed by atoms with E-state index in [0.717, 1.165) is 0 Å². The maximum absolute atomic E-state index is 10.8. The number of nitrogens with zero attached hydrogens (tertiary/aromatic N) is 2. The molecule has 0 aliphatic carbocycles. The van der Waals surface area contributed by atoms with Gasteiger partial charge in [-0.3, -0.25) is 15.0 Å². The van der Waals surface area contributed by atoms with Crippen LogP contribution in [-0.4, -0.2) is 34.6 Å². The van der Waals surface area contributed by atoms with Crippen LogP contribution in [0.3, 0.4) is 0 Å². The third-order valence-electron chi connectivity index (χ3n) is 2.62. The van der Waals surface area contributed by atoms with Crippen LogP contribution in [0.4, 0.5) is 5.69 Å². The lowest BCUT2D eigenvalue weighted by molar-refractivity contribution is -0.385. The van der Waals surface area contributed by atoms with Gasteiger partial charge < -0.3 is 5.11 Å². The predicted molar refractivity (Wildman–Crippen MR) is 61.1 cm³/mol. The number of rotatable bonds is 5.